The van der Waals surface area contributed by atoms with Gasteiger partial charge in [-0.05, 0) is 24.5 Å². The first-order valence-corrected chi connectivity index (χ1v) is 7.52. The van der Waals surface area contributed by atoms with Gasteiger partial charge in [0.25, 0.3) is 0 Å². The highest BCUT2D eigenvalue weighted by Gasteiger charge is 2.21. The normalized spacial score (nSPS) is 13.8. The Morgan fingerprint density at radius 2 is 1.89 bits per heavy atom. The van der Waals surface area contributed by atoms with Crippen LogP contribution < -0.4 is 0 Å². The van der Waals surface area contributed by atoms with E-state index in [4.69, 9.17) is 0 Å². The van der Waals surface area contributed by atoms with Crippen molar-refractivity contribution in [2.45, 2.75) is 37.2 Å². The molecule has 0 aliphatic rings. The number of aliphatic hydroxyl groups is 1. The van der Waals surface area contributed by atoms with Crippen LogP contribution in [0.3, 0.4) is 0 Å². The first kappa shape index (κ1) is 15.1. The van der Waals surface area contributed by atoms with Crippen LogP contribution in [-0.2, 0) is 16.4 Å². The second-order valence-electron chi connectivity index (χ2n) is 4.54. The summed E-state index contributed by atoms with van der Waals surface area (Å²) in [6.45, 7) is 1.99. The van der Waals surface area contributed by atoms with Crippen molar-refractivity contribution in [2.24, 2.45) is 0 Å². The molecule has 1 rings (SSSR count). The fraction of sp³-hybridized carbons (Fsp3) is 0.538. The lowest BCUT2D eigenvalue weighted by Gasteiger charge is -2.16. The minimum absolute atomic E-state index is 0.283. The third kappa shape index (κ3) is 3.54. The molecular weight excluding hydrogens is 250 g/mol. The molecule has 0 spiro atoms. The fourth-order valence-electron chi connectivity index (χ4n) is 1.81. The minimum atomic E-state index is -3.45. The van der Waals surface area contributed by atoms with Gasteiger partial charge in [-0.2, -0.15) is 0 Å². The van der Waals surface area contributed by atoms with Gasteiger partial charge in [0.15, 0.2) is 0 Å². The highest BCUT2D eigenvalue weighted by Crippen LogP contribution is 2.20. The molecule has 0 aliphatic heterocycles. The number of hydrogen-bond acceptors (Lipinski definition) is 3. The number of nitrogens with zero attached hydrogens (tertiary/aromatic N) is 1. The molecule has 5 heteroatoms. The van der Waals surface area contributed by atoms with Gasteiger partial charge in [-0.3, -0.25) is 0 Å². The van der Waals surface area contributed by atoms with Crippen LogP contribution in [0.2, 0.25) is 0 Å². The summed E-state index contributed by atoms with van der Waals surface area (Å²) in [7, 11) is -0.429. The molecule has 1 aromatic carbocycles. The maximum atomic E-state index is 12.1. The van der Waals surface area contributed by atoms with E-state index >= 15 is 0 Å². The lowest BCUT2D eigenvalue weighted by Crippen LogP contribution is -2.24. The zero-order chi connectivity index (χ0) is 13.8. The van der Waals surface area contributed by atoms with Gasteiger partial charge in [0, 0.05) is 14.1 Å². The van der Waals surface area contributed by atoms with Gasteiger partial charge in [0.05, 0.1) is 11.0 Å². The fourth-order valence-corrected chi connectivity index (χ4v) is 2.94. The molecule has 18 heavy (non-hydrogen) atoms. The van der Waals surface area contributed by atoms with E-state index < -0.39 is 16.1 Å². The molecule has 0 aromatic heterocycles. The average Bonchev–Trinajstić information content (AvgIpc) is 2.29. The molecule has 0 heterocycles. The average molecular weight is 271 g/mol. The maximum absolute atomic E-state index is 12.1. The highest BCUT2D eigenvalue weighted by atomic mass is 32.2. The molecule has 0 aliphatic carbocycles. The van der Waals surface area contributed by atoms with E-state index in [1.54, 1.807) is 24.3 Å². The number of rotatable bonds is 6. The Balaban J connectivity index is 3.08. The Bertz CT molecular complexity index is 483. The van der Waals surface area contributed by atoms with Crippen molar-refractivity contribution in [1.82, 2.24) is 4.31 Å². The molecule has 1 N–H and O–H groups in total. The Morgan fingerprint density at radius 1 is 1.28 bits per heavy atom. The van der Waals surface area contributed by atoms with Crippen molar-refractivity contribution < 1.29 is 13.5 Å². The van der Waals surface area contributed by atoms with Crippen LogP contribution in [0.5, 0.6) is 0 Å². The van der Waals surface area contributed by atoms with Crippen molar-refractivity contribution >= 4 is 10.0 Å². The smallest absolute Gasteiger partial charge is 0.242 e. The van der Waals surface area contributed by atoms with Gasteiger partial charge >= 0.3 is 0 Å². The van der Waals surface area contributed by atoms with E-state index in [9.17, 15) is 13.5 Å². The lowest BCUT2D eigenvalue weighted by atomic mass is 10.0. The van der Waals surface area contributed by atoms with E-state index in [1.165, 1.54) is 18.4 Å². The molecule has 1 unspecified atom stereocenters. The van der Waals surface area contributed by atoms with Gasteiger partial charge in [-0.25, -0.2) is 12.7 Å². The first-order chi connectivity index (χ1) is 8.39. The van der Waals surface area contributed by atoms with Gasteiger partial charge in [0.1, 0.15) is 0 Å². The Kier molecular flexibility index (Phi) is 5.31. The quantitative estimate of drug-likeness (QED) is 0.855. The topological polar surface area (TPSA) is 57.6 Å². The molecule has 1 atom stereocenters. The van der Waals surface area contributed by atoms with Gasteiger partial charge in [-0.1, -0.05) is 31.5 Å². The van der Waals surface area contributed by atoms with Crippen molar-refractivity contribution in [3.05, 3.63) is 29.8 Å². The zero-order valence-corrected chi connectivity index (χ0v) is 11.9. The summed E-state index contributed by atoms with van der Waals surface area (Å²) in [5.74, 6) is 0. The molecule has 102 valence electrons. The van der Waals surface area contributed by atoms with Gasteiger partial charge < -0.3 is 5.11 Å². The summed E-state index contributed by atoms with van der Waals surface area (Å²) >= 11 is 0. The number of benzene rings is 1. The Labute approximate surface area is 109 Å². The van der Waals surface area contributed by atoms with Crippen LogP contribution in [0.25, 0.3) is 0 Å². The summed E-state index contributed by atoms with van der Waals surface area (Å²) in [6, 6.07) is 6.84. The van der Waals surface area contributed by atoms with Crippen LogP contribution in [-0.4, -0.2) is 38.0 Å². The standard InChI is InChI=1S/C13H21NO3S/c1-4-7-12(15)10-11-8-5-6-9-13(11)18(16,17)14(2)3/h5-6,8-9,12,15H,4,7,10H2,1-3H3. The molecule has 0 fully saturated rings. The zero-order valence-electron chi connectivity index (χ0n) is 11.1. The van der Waals surface area contributed by atoms with Crippen LogP contribution in [0.1, 0.15) is 25.3 Å². The monoisotopic (exact) mass is 271 g/mol. The Morgan fingerprint density at radius 3 is 2.44 bits per heavy atom. The summed E-state index contributed by atoms with van der Waals surface area (Å²) < 4.78 is 25.5. The first-order valence-electron chi connectivity index (χ1n) is 6.08. The Hall–Kier alpha value is -0.910. The maximum Gasteiger partial charge on any atom is 0.242 e. The van der Waals surface area contributed by atoms with Crippen molar-refractivity contribution in [1.29, 1.82) is 0 Å². The molecular formula is C13H21NO3S. The van der Waals surface area contributed by atoms with Crippen molar-refractivity contribution in [2.75, 3.05) is 14.1 Å². The van der Waals surface area contributed by atoms with Crippen LogP contribution >= 0.6 is 0 Å². The highest BCUT2D eigenvalue weighted by molar-refractivity contribution is 7.89. The molecule has 0 saturated heterocycles. The summed E-state index contributed by atoms with van der Waals surface area (Å²) in [5, 5.41) is 9.82. The van der Waals surface area contributed by atoms with E-state index in [2.05, 4.69) is 0 Å². The SMILES string of the molecule is CCCC(O)Cc1ccccc1S(=O)(=O)N(C)C. The number of aliphatic hydroxyl groups excluding tert-OH is 1. The van der Waals surface area contributed by atoms with E-state index in [1.807, 2.05) is 6.92 Å². The lowest BCUT2D eigenvalue weighted by molar-refractivity contribution is 0.163. The van der Waals surface area contributed by atoms with E-state index in [-0.39, 0.29) is 4.90 Å². The molecule has 0 saturated carbocycles. The molecule has 4 nitrogen and oxygen atoms in total. The largest absolute Gasteiger partial charge is 0.393 e. The summed E-state index contributed by atoms with van der Waals surface area (Å²) in [5.41, 5.74) is 0.673. The van der Waals surface area contributed by atoms with Crippen LogP contribution in [0, 0.1) is 0 Å². The predicted molar refractivity (Wildman–Crippen MR) is 71.9 cm³/mol. The third-order valence-electron chi connectivity index (χ3n) is 2.81. The second-order valence-corrected chi connectivity index (χ2v) is 6.66. The summed E-state index contributed by atoms with van der Waals surface area (Å²) in [4.78, 5) is 0.283. The van der Waals surface area contributed by atoms with E-state index in [0.717, 1.165) is 6.42 Å². The summed E-state index contributed by atoms with van der Waals surface area (Å²) in [6.07, 6.45) is 1.44. The van der Waals surface area contributed by atoms with E-state index in [0.29, 0.717) is 18.4 Å². The predicted octanol–water partition coefficient (Wildman–Crippen LogP) is 1.64. The van der Waals surface area contributed by atoms with Crippen LogP contribution in [0.15, 0.2) is 29.2 Å². The third-order valence-corrected chi connectivity index (χ3v) is 4.72. The number of hydrogen-bond donors (Lipinski definition) is 1. The van der Waals surface area contributed by atoms with Gasteiger partial charge in [-0.15, -0.1) is 0 Å². The van der Waals surface area contributed by atoms with Crippen LogP contribution in [0.4, 0.5) is 0 Å². The minimum Gasteiger partial charge on any atom is -0.393 e. The second kappa shape index (κ2) is 6.31. The van der Waals surface area contributed by atoms with Crippen molar-refractivity contribution in [3.8, 4) is 0 Å². The van der Waals surface area contributed by atoms with Gasteiger partial charge in [0.2, 0.25) is 10.0 Å². The number of sulfonamides is 1. The molecule has 0 amide bonds. The molecule has 0 bridgehead atoms. The molecule has 1 aromatic rings. The van der Waals surface area contributed by atoms with Crippen molar-refractivity contribution in [3.63, 3.8) is 0 Å². The molecule has 0 radical (unpaired) electrons.